The lowest BCUT2D eigenvalue weighted by Crippen LogP contribution is -2.40. The van der Waals surface area contributed by atoms with E-state index in [4.69, 9.17) is 0 Å². The molecule has 2 amide bonds. The van der Waals surface area contributed by atoms with Gasteiger partial charge in [-0.2, -0.15) is 0 Å². The van der Waals surface area contributed by atoms with Gasteiger partial charge in [-0.05, 0) is 45.1 Å². The summed E-state index contributed by atoms with van der Waals surface area (Å²) in [6.45, 7) is 5.16. The van der Waals surface area contributed by atoms with E-state index >= 15 is 0 Å². The van der Waals surface area contributed by atoms with Gasteiger partial charge in [0.25, 0.3) is 11.8 Å². The topological polar surface area (TPSA) is 79.3 Å². The van der Waals surface area contributed by atoms with Crippen molar-refractivity contribution in [2.75, 3.05) is 27.2 Å². The minimum absolute atomic E-state index is 0.0713. The maximum absolute atomic E-state index is 12.8. The van der Waals surface area contributed by atoms with Crippen molar-refractivity contribution in [3.05, 3.63) is 39.4 Å². The fourth-order valence-electron chi connectivity index (χ4n) is 3.44. The molecule has 0 saturated carbocycles. The Morgan fingerprint density at radius 3 is 2.74 bits per heavy atom. The molecule has 0 radical (unpaired) electrons. The van der Waals surface area contributed by atoms with E-state index in [0.29, 0.717) is 24.0 Å². The summed E-state index contributed by atoms with van der Waals surface area (Å²) in [6.07, 6.45) is 2.76. The third-order valence-electron chi connectivity index (χ3n) is 4.76. The molecule has 1 aliphatic heterocycles. The molecule has 8 heteroatoms. The molecule has 0 bridgehead atoms. The number of aromatic nitrogens is 3. The van der Waals surface area contributed by atoms with Gasteiger partial charge in [0, 0.05) is 32.9 Å². The summed E-state index contributed by atoms with van der Waals surface area (Å²) in [5.74, 6) is 0.874. The van der Waals surface area contributed by atoms with Crippen molar-refractivity contribution in [2.24, 2.45) is 5.92 Å². The molecule has 2 aromatic heterocycles. The van der Waals surface area contributed by atoms with Gasteiger partial charge in [0.2, 0.25) is 0 Å². The van der Waals surface area contributed by atoms with Crippen LogP contribution in [0.1, 0.15) is 50.2 Å². The average Bonchev–Trinajstić information content (AvgIpc) is 3.06. The number of hydrogen-bond donors (Lipinski definition) is 0. The molecule has 1 aliphatic rings. The monoisotopic (exact) mass is 387 g/mol. The van der Waals surface area contributed by atoms with E-state index in [9.17, 15) is 9.59 Å². The van der Waals surface area contributed by atoms with Gasteiger partial charge in [-0.15, -0.1) is 11.3 Å². The Balaban J connectivity index is 1.72. The first-order chi connectivity index (χ1) is 12.8. The number of rotatable bonds is 4. The van der Waals surface area contributed by atoms with E-state index in [1.807, 2.05) is 11.8 Å². The smallest absolute Gasteiger partial charge is 0.272 e. The standard InChI is InChI=1S/C19H25N5O2S/c1-12-17(27-11-20-12)19(26)24-7-5-6-14(10-24)8-15-9-16(18(25)23(3)4)22-13(2)21-15/h9,11,14H,5-8,10H2,1-4H3. The van der Waals surface area contributed by atoms with Gasteiger partial charge in [0.05, 0.1) is 11.2 Å². The number of thiazole rings is 1. The van der Waals surface area contributed by atoms with Crippen LogP contribution in [0.25, 0.3) is 0 Å². The first kappa shape index (κ1) is 19.4. The Bertz CT molecular complexity index is 848. The predicted molar refractivity (Wildman–Crippen MR) is 104 cm³/mol. The average molecular weight is 388 g/mol. The van der Waals surface area contributed by atoms with Gasteiger partial charge >= 0.3 is 0 Å². The molecule has 3 heterocycles. The second kappa shape index (κ2) is 8.12. The second-order valence-corrected chi connectivity index (χ2v) is 8.08. The van der Waals surface area contributed by atoms with Gasteiger partial charge in [0.1, 0.15) is 16.4 Å². The normalized spacial score (nSPS) is 17.0. The van der Waals surface area contributed by atoms with E-state index in [-0.39, 0.29) is 11.8 Å². The molecule has 0 aromatic carbocycles. The predicted octanol–water partition coefficient (Wildman–Crippen LogP) is 2.35. The molecule has 2 aromatic rings. The Labute approximate surface area is 163 Å². The Morgan fingerprint density at radius 1 is 1.30 bits per heavy atom. The number of nitrogens with zero attached hydrogens (tertiary/aromatic N) is 5. The van der Waals surface area contributed by atoms with Gasteiger partial charge in [0.15, 0.2) is 0 Å². The van der Waals surface area contributed by atoms with Crippen molar-refractivity contribution >= 4 is 23.2 Å². The molecule has 1 fully saturated rings. The molecular formula is C19H25N5O2S. The Hall–Kier alpha value is -2.35. The first-order valence-electron chi connectivity index (χ1n) is 9.10. The molecule has 3 rings (SSSR count). The highest BCUT2D eigenvalue weighted by atomic mass is 32.1. The van der Waals surface area contributed by atoms with E-state index in [2.05, 4.69) is 15.0 Å². The molecule has 27 heavy (non-hydrogen) atoms. The van der Waals surface area contributed by atoms with Gasteiger partial charge in [-0.1, -0.05) is 0 Å². The zero-order valence-corrected chi connectivity index (χ0v) is 17.0. The number of carbonyl (C=O) groups excluding carboxylic acids is 2. The minimum Gasteiger partial charge on any atom is -0.343 e. The SMILES string of the molecule is Cc1nc(CC2CCCN(C(=O)c3scnc3C)C2)cc(C(=O)N(C)C)n1. The number of hydrogen-bond acceptors (Lipinski definition) is 6. The minimum atomic E-state index is -0.122. The largest absolute Gasteiger partial charge is 0.343 e. The molecule has 1 atom stereocenters. The number of carbonyl (C=O) groups is 2. The summed E-state index contributed by atoms with van der Waals surface area (Å²) >= 11 is 1.40. The third kappa shape index (κ3) is 4.50. The summed E-state index contributed by atoms with van der Waals surface area (Å²) in [4.78, 5) is 42.1. The first-order valence-corrected chi connectivity index (χ1v) is 9.98. The summed E-state index contributed by atoms with van der Waals surface area (Å²) in [5.41, 5.74) is 3.80. The molecule has 0 spiro atoms. The molecule has 1 unspecified atom stereocenters. The van der Waals surface area contributed by atoms with E-state index in [1.165, 1.54) is 16.2 Å². The fraction of sp³-hybridized carbons (Fsp3) is 0.526. The van der Waals surface area contributed by atoms with Gasteiger partial charge in [-0.3, -0.25) is 9.59 Å². The highest BCUT2D eigenvalue weighted by Crippen LogP contribution is 2.24. The van der Waals surface area contributed by atoms with Crippen LogP contribution in [0.15, 0.2) is 11.6 Å². The van der Waals surface area contributed by atoms with Crippen LogP contribution < -0.4 is 0 Å². The lowest BCUT2D eigenvalue weighted by Gasteiger charge is -2.32. The van der Waals surface area contributed by atoms with Crippen LogP contribution in [-0.2, 0) is 6.42 Å². The maximum Gasteiger partial charge on any atom is 0.272 e. The molecular weight excluding hydrogens is 362 g/mol. The van der Waals surface area contributed by atoms with Crippen molar-refractivity contribution in [3.8, 4) is 0 Å². The van der Waals surface area contributed by atoms with Gasteiger partial charge in [-0.25, -0.2) is 15.0 Å². The van der Waals surface area contributed by atoms with Crippen LogP contribution in [0.5, 0.6) is 0 Å². The van der Waals surface area contributed by atoms with Crippen LogP contribution in [0.3, 0.4) is 0 Å². The third-order valence-corrected chi connectivity index (χ3v) is 5.68. The number of aryl methyl sites for hydroxylation is 2. The number of amides is 2. The quantitative estimate of drug-likeness (QED) is 0.805. The molecule has 7 nitrogen and oxygen atoms in total. The van der Waals surface area contributed by atoms with Crippen LogP contribution in [-0.4, -0.2) is 63.8 Å². The lowest BCUT2D eigenvalue weighted by atomic mass is 9.93. The maximum atomic E-state index is 12.8. The van der Waals surface area contributed by atoms with Crippen molar-refractivity contribution < 1.29 is 9.59 Å². The van der Waals surface area contributed by atoms with E-state index in [1.54, 1.807) is 32.6 Å². The van der Waals surface area contributed by atoms with E-state index in [0.717, 1.165) is 42.1 Å². The molecule has 0 aliphatic carbocycles. The number of likely N-dealkylation sites (tertiary alicyclic amines) is 1. The Kier molecular flexibility index (Phi) is 5.84. The zero-order chi connectivity index (χ0) is 19.6. The highest BCUT2D eigenvalue weighted by molar-refractivity contribution is 7.11. The number of piperidine rings is 1. The van der Waals surface area contributed by atoms with Crippen LogP contribution >= 0.6 is 11.3 Å². The summed E-state index contributed by atoms with van der Waals surface area (Å²) in [7, 11) is 3.43. The Morgan fingerprint density at radius 2 is 2.07 bits per heavy atom. The van der Waals surface area contributed by atoms with E-state index < -0.39 is 0 Å². The zero-order valence-electron chi connectivity index (χ0n) is 16.2. The summed E-state index contributed by atoms with van der Waals surface area (Å²) < 4.78 is 0. The van der Waals surface area contributed by atoms with Crippen LogP contribution in [0.2, 0.25) is 0 Å². The van der Waals surface area contributed by atoms with Crippen molar-refractivity contribution in [1.82, 2.24) is 24.8 Å². The molecule has 0 N–H and O–H groups in total. The van der Waals surface area contributed by atoms with Gasteiger partial charge < -0.3 is 9.80 Å². The second-order valence-electron chi connectivity index (χ2n) is 7.22. The summed E-state index contributed by atoms with van der Waals surface area (Å²) in [6, 6.07) is 1.78. The lowest BCUT2D eigenvalue weighted by molar-refractivity contribution is 0.0676. The molecule has 1 saturated heterocycles. The highest BCUT2D eigenvalue weighted by Gasteiger charge is 2.27. The molecule has 144 valence electrons. The van der Waals surface area contributed by atoms with Crippen molar-refractivity contribution in [1.29, 1.82) is 0 Å². The van der Waals surface area contributed by atoms with Crippen molar-refractivity contribution in [3.63, 3.8) is 0 Å². The van der Waals surface area contributed by atoms with Crippen molar-refractivity contribution in [2.45, 2.75) is 33.1 Å². The summed E-state index contributed by atoms with van der Waals surface area (Å²) in [5, 5.41) is 0. The fourth-order valence-corrected chi connectivity index (χ4v) is 4.20. The van der Waals surface area contributed by atoms with Crippen LogP contribution in [0.4, 0.5) is 0 Å². The van der Waals surface area contributed by atoms with Crippen LogP contribution in [0, 0.1) is 19.8 Å².